The molecule has 0 fully saturated rings. The maximum Gasteiger partial charge on any atom is 0.408 e. The summed E-state index contributed by atoms with van der Waals surface area (Å²) in [5, 5.41) is 4.85. The van der Waals surface area contributed by atoms with Crippen molar-refractivity contribution in [2.75, 3.05) is 13.2 Å². The zero-order valence-electron chi connectivity index (χ0n) is 20.9. The van der Waals surface area contributed by atoms with Crippen molar-refractivity contribution < 1.29 is 33.4 Å². The summed E-state index contributed by atoms with van der Waals surface area (Å²) in [5.41, 5.74) is 4.18. The van der Waals surface area contributed by atoms with Gasteiger partial charge in [-0.3, -0.25) is 9.59 Å². The lowest BCUT2D eigenvalue weighted by molar-refractivity contribution is -0.158. The van der Waals surface area contributed by atoms with Crippen molar-refractivity contribution >= 4 is 32.0 Å². The van der Waals surface area contributed by atoms with E-state index in [1.165, 1.54) is 0 Å². The molecule has 2 atom stereocenters. The Morgan fingerprint density at radius 3 is 1.91 bits per heavy atom. The molecule has 0 aliphatic carbocycles. The van der Waals surface area contributed by atoms with Crippen molar-refractivity contribution in [1.29, 1.82) is 0 Å². The quantitative estimate of drug-likeness (QED) is 0.247. The van der Waals surface area contributed by atoms with E-state index in [0.717, 1.165) is 6.04 Å². The predicted octanol–water partition coefficient (Wildman–Crippen LogP) is 1.94. The number of amides is 2. The van der Waals surface area contributed by atoms with Crippen LogP contribution in [0.2, 0.25) is 25.7 Å². The number of rotatable bonds is 10. The molecule has 0 saturated carbocycles. The van der Waals surface area contributed by atoms with E-state index in [9.17, 15) is 19.2 Å². The summed E-state index contributed by atoms with van der Waals surface area (Å²) in [4.78, 5) is 48.9. The van der Waals surface area contributed by atoms with Gasteiger partial charge in [0.05, 0.1) is 13.0 Å². The van der Waals surface area contributed by atoms with Gasteiger partial charge in [0.2, 0.25) is 5.91 Å². The van der Waals surface area contributed by atoms with Crippen molar-refractivity contribution in [2.45, 2.75) is 96.9 Å². The first-order valence-corrected chi connectivity index (χ1v) is 14.4. The highest BCUT2D eigenvalue weighted by Crippen LogP contribution is 2.12. The standard InChI is InChI=1S/C21H41N3O7Si/c1-20(2,3)30-18(27)15(24-19(28)31-21(4,5)6)12-16(25)23-13-14(22)17(26)29-10-11-32(7,8)9/h14-15H,10-13,22H2,1-9H3,(H,23,25)(H,24,28)/t14-,15+/m1/s1. The van der Waals surface area contributed by atoms with E-state index in [4.69, 9.17) is 19.9 Å². The van der Waals surface area contributed by atoms with Crippen LogP contribution in [0.3, 0.4) is 0 Å². The van der Waals surface area contributed by atoms with Crippen LogP contribution in [0.5, 0.6) is 0 Å². The van der Waals surface area contributed by atoms with Gasteiger partial charge >= 0.3 is 18.0 Å². The van der Waals surface area contributed by atoms with Crippen LogP contribution < -0.4 is 16.4 Å². The molecule has 32 heavy (non-hydrogen) atoms. The Labute approximate surface area is 192 Å². The third-order valence-electron chi connectivity index (χ3n) is 3.69. The molecule has 10 nitrogen and oxygen atoms in total. The van der Waals surface area contributed by atoms with Gasteiger partial charge in [-0.1, -0.05) is 19.6 Å². The molecule has 0 aromatic heterocycles. The number of hydrogen-bond donors (Lipinski definition) is 3. The normalized spacial score (nSPS) is 14.1. The lowest BCUT2D eigenvalue weighted by Gasteiger charge is -2.26. The van der Waals surface area contributed by atoms with Crippen molar-refractivity contribution in [1.82, 2.24) is 10.6 Å². The lowest BCUT2D eigenvalue weighted by Crippen LogP contribution is -2.49. The predicted molar refractivity (Wildman–Crippen MR) is 124 cm³/mol. The van der Waals surface area contributed by atoms with E-state index in [1.54, 1.807) is 41.5 Å². The summed E-state index contributed by atoms with van der Waals surface area (Å²) < 4.78 is 15.6. The minimum Gasteiger partial charge on any atom is -0.465 e. The number of carbonyl (C=O) groups excluding carboxylic acids is 4. The van der Waals surface area contributed by atoms with Crippen LogP contribution in [-0.2, 0) is 28.6 Å². The molecule has 0 aliphatic heterocycles. The molecule has 0 bridgehead atoms. The zero-order chi connectivity index (χ0) is 25.3. The average Bonchev–Trinajstić information content (AvgIpc) is 2.54. The molecule has 0 rings (SSSR count). The first-order valence-electron chi connectivity index (χ1n) is 10.7. The maximum atomic E-state index is 12.5. The molecule has 0 aromatic rings. The molecule has 0 unspecified atom stereocenters. The largest absolute Gasteiger partial charge is 0.465 e. The summed E-state index contributed by atoms with van der Waals surface area (Å²) in [6, 6.07) is -1.51. The SMILES string of the molecule is CC(C)(C)OC(=O)N[C@@H](CC(=O)NC[C@@H](N)C(=O)OCC[Si](C)(C)C)C(=O)OC(C)(C)C. The minimum absolute atomic E-state index is 0.169. The first kappa shape index (κ1) is 29.9. The second kappa shape index (κ2) is 12.2. The second-order valence-electron chi connectivity index (χ2n) is 10.8. The van der Waals surface area contributed by atoms with Gasteiger partial charge in [-0.15, -0.1) is 0 Å². The van der Waals surface area contributed by atoms with Gasteiger partial charge < -0.3 is 30.6 Å². The second-order valence-corrected chi connectivity index (χ2v) is 16.4. The van der Waals surface area contributed by atoms with Crippen LogP contribution in [0, 0.1) is 0 Å². The van der Waals surface area contributed by atoms with E-state index < -0.39 is 61.7 Å². The molecule has 0 aromatic carbocycles. The monoisotopic (exact) mass is 475 g/mol. The molecule has 0 aliphatic rings. The highest BCUT2D eigenvalue weighted by Gasteiger charge is 2.31. The number of hydrogen-bond acceptors (Lipinski definition) is 8. The van der Waals surface area contributed by atoms with E-state index >= 15 is 0 Å². The maximum absolute atomic E-state index is 12.5. The average molecular weight is 476 g/mol. The van der Waals surface area contributed by atoms with Crippen LogP contribution in [0.15, 0.2) is 0 Å². The highest BCUT2D eigenvalue weighted by molar-refractivity contribution is 6.76. The van der Waals surface area contributed by atoms with Crippen LogP contribution in [0.1, 0.15) is 48.0 Å². The molecule has 2 amide bonds. The highest BCUT2D eigenvalue weighted by atomic mass is 28.3. The fourth-order valence-corrected chi connectivity index (χ4v) is 2.86. The molecule has 0 radical (unpaired) electrons. The molecule has 0 spiro atoms. The molecule has 0 heterocycles. The molecule has 11 heteroatoms. The smallest absolute Gasteiger partial charge is 0.408 e. The van der Waals surface area contributed by atoms with Crippen molar-refractivity contribution in [3.63, 3.8) is 0 Å². The summed E-state index contributed by atoms with van der Waals surface area (Å²) in [7, 11) is -1.35. The van der Waals surface area contributed by atoms with E-state index in [1.807, 2.05) is 0 Å². The topological polar surface area (TPSA) is 146 Å². The Balaban J connectivity index is 4.86. The van der Waals surface area contributed by atoms with Crippen LogP contribution in [0.4, 0.5) is 4.79 Å². The van der Waals surface area contributed by atoms with Gasteiger partial charge in [0.25, 0.3) is 0 Å². The summed E-state index contributed by atoms with van der Waals surface area (Å²) in [5.74, 6) is -1.99. The molecular formula is C21H41N3O7Si. The number of carbonyl (C=O) groups is 4. The van der Waals surface area contributed by atoms with Crippen LogP contribution in [0.25, 0.3) is 0 Å². The van der Waals surface area contributed by atoms with E-state index in [2.05, 4.69) is 30.3 Å². The van der Waals surface area contributed by atoms with Crippen LogP contribution in [-0.4, -0.2) is 68.5 Å². The molecule has 0 saturated heterocycles. The molecular weight excluding hydrogens is 434 g/mol. The number of nitrogens with two attached hydrogens (primary N) is 1. The number of esters is 2. The van der Waals surface area contributed by atoms with Gasteiger partial charge in [-0.25, -0.2) is 9.59 Å². The fraction of sp³-hybridized carbons (Fsp3) is 0.810. The zero-order valence-corrected chi connectivity index (χ0v) is 21.9. The van der Waals surface area contributed by atoms with Gasteiger partial charge in [-0.05, 0) is 47.6 Å². The van der Waals surface area contributed by atoms with Crippen molar-refractivity contribution in [2.24, 2.45) is 5.73 Å². The molecule has 4 N–H and O–H groups in total. The van der Waals surface area contributed by atoms with Gasteiger partial charge in [0.1, 0.15) is 23.3 Å². The Morgan fingerprint density at radius 2 is 1.44 bits per heavy atom. The number of nitrogens with one attached hydrogen (secondary N) is 2. The van der Waals surface area contributed by atoms with Crippen molar-refractivity contribution in [3.05, 3.63) is 0 Å². The Hall–Kier alpha value is -2.14. The van der Waals surface area contributed by atoms with Gasteiger partial charge in [-0.2, -0.15) is 0 Å². The summed E-state index contributed by atoms with van der Waals surface area (Å²) in [6.07, 6.45) is -1.27. The van der Waals surface area contributed by atoms with E-state index in [-0.39, 0.29) is 13.2 Å². The van der Waals surface area contributed by atoms with Gasteiger partial charge in [0, 0.05) is 14.6 Å². The van der Waals surface area contributed by atoms with Gasteiger partial charge in [0.15, 0.2) is 0 Å². The first-order chi connectivity index (χ1) is 14.3. The fourth-order valence-electron chi connectivity index (χ4n) is 2.15. The third-order valence-corrected chi connectivity index (χ3v) is 5.39. The van der Waals surface area contributed by atoms with E-state index in [0.29, 0.717) is 0 Å². The van der Waals surface area contributed by atoms with Crippen LogP contribution >= 0.6 is 0 Å². The Morgan fingerprint density at radius 1 is 0.906 bits per heavy atom. The lowest BCUT2D eigenvalue weighted by atomic mass is 10.1. The Kier molecular flexibility index (Phi) is 11.4. The summed E-state index contributed by atoms with van der Waals surface area (Å²) in [6.45, 7) is 16.6. The number of alkyl carbamates (subject to hydrolysis) is 1. The summed E-state index contributed by atoms with van der Waals surface area (Å²) >= 11 is 0. The Bertz CT molecular complexity index is 664. The molecule has 186 valence electrons. The van der Waals surface area contributed by atoms with Crippen molar-refractivity contribution in [3.8, 4) is 0 Å². The number of ether oxygens (including phenoxy) is 3. The minimum atomic E-state index is -1.35. The third kappa shape index (κ3) is 15.6.